The van der Waals surface area contributed by atoms with Crippen LogP contribution in [0.3, 0.4) is 0 Å². The Balaban J connectivity index is 1.52. The minimum Gasteiger partial charge on any atom is -0.458 e. The highest BCUT2D eigenvalue weighted by Crippen LogP contribution is 2.34. The van der Waals surface area contributed by atoms with E-state index in [0.717, 1.165) is 36.5 Å². The van der Waals surface area contributed by atoms with E-state index < -0.39 is 6.17 Å². The molecule has 5 rings (SSSR count). The molecule has 1 fully saturated rings. The van der Waals surface area contributed by atoms with Gasteiger partial charge in [0.05, 0.1) is 11.4 Å². The summed E-state index contributed by atoms with van der Waals surface area (Å²) in [5.41, 5.74) is 8.24. The fourth-order valence-electron chi connectivity index (χ4n) is 3.99. The number of hydrogen-bond donors (Lipinski definition) is 2. The Bertz CT molecular complexity index is 1120. The summed E-state index contributed by atoms with van der Waals surface area (Å²) < 4.78 is 22.2. The lowest BCUT2D eigenvalue weighted by atomic mass is 10.1. The van der Waals surface area contributed by atoms with Gasteiger partial charge in [0.2, 0.25) is 0 Å². The van der Waals surface area contributed by atoms with Gasteiger partial charge in [0.25, 0.3) is 0 Å². The summed E-state index contributed by atoms with van der Waals surface area (Å²) in [5.74, 6) is 1.93. The number of ether oxygens (including phenoxy) is 1. The number of nitrogens with zero attached hydrogens (tertiary/aromatic N) is 4. The normalized spacial score (nSPS) is 21.6. The van der Waals surface area contributed by atoms with Crippen LogP contribution in [0.5, 0.6) is 5.75 Å². The standard InChI is InChI=1S/C22H23FN6O/c23-17-12-25-11-10-18(17)29-22-19(21(24)26-13-27-22)20(28-29)14-6-8-16(9-7-14)30-15-4-2-1-3-5-15/h2,4-9,13,17-18,25H,1,3,10-12H2,(H2,24,26,27). The van der Waals surface area contributed by atoms with Gasteiger partial charge in [-0.25, -0.2) is 19.0 Å². The molecule has 154 valence electrons. The Morgan fingerprint density at radius 2 is 2.03 bits per heavy atom. The van der Waals surface area contributed by atoms with E-state index in [1.54, 1.807) is 4.68 Å². The Kier molecular flexibility index (Phi) is 4.92. The summed E-state index contributed by atoms with van der Waals surface area (Å²) >= 11 is 0. The summed E-state index contributed by atoms with van der Waals surface area (Å²) in [6, 6.07) is 7.26. The summed E-state index contributed by atoms with van der Waals surface area (Å²) in [5, 5.41) is 8.47. The van der Waals surface area contributed by atoms with E-state index in [1.165, 1.54) is 6.33 Å². The molecule has 3 N–H and O–H groups in total. The van der Waals surface area contributed by atoms with Crippen molar-refractivity contribution in [2.45, 2.75) is 31.5 Å². The Hall–Kier alpha value is -3.26. The maximum absolute atomic E-state index is 14.6. The van der Waals surface area contributed by atoms with Gasteiger partial charge < -0.3 is 15.8 Å². The molecule has 1 saturated heterocycles. The van der Waals surface area contributed by atoms with E-state index in [-0.39, 0.29) is 6.04 Å². The van der Waals surface area contributed by atoms with Crippen molar-refractivity contribution < 1.29 is 9.13 Å². The van der Waals surface area contributed by atoms with E-state index in [0.29, 0.717) is 35.5 Å². The molecule has 2 atom stereocenters. The van der Waals surface area contributed by atoms with Crippen molar-refractivity contribution in [1.29, 1.82) is 0 Å². The van der Waals surface area contributed by atoms with Crippen molar-refractivity contribution in [2.75, 3.05) is 18.8 Å². The molecule has 0 radical (unpaired) electrons. The van der Waals surface area contributed by atoms with Crippen LogP contribution in [0.4, 0.5) is 10.2 Å². The first-order chi connectivity index (χ1) is 14.7. The molecule has 7 nitrogen and oxygen atoms in total. The third-order valence-corrected chi connectivity index (χ3v) is 5.53. The molecular weight excluding hydrogens is 383 g/mol. The summed E-state index contributed by atoms with van der Waals surface area (Å²) in [7, 11) is 0. The lowest BCUT2D eigenvalue weighted by Gasteiger charge is -2.27. The number of halogens is 1. The zero-order valence-corrected chi connectivity index (χ0v) is 16.5. The van der Waals surface area contributed by atoms with Crippen molar-refractivity contribution in [1.82, 2.24) is 25.1 Å². The summed E-state index contributed by atoms with van der Waals surface area (Å²) in [4.78, 5) is 8.51. The zero-order chi connectivity index (χ0) is 20.5. The molecule has 8 heteroatoms. The molecule has 0 bridgehead atoms. The first-order valence-electron chi connectivity index (χ1n) is 10.2. The van der Waals surface area contributed by atoms with Crippen LogP contribution in [0.2, 0.25) is 0 Å². The molecule has 1 aliphatic carbocycles. The Labute approximate surface area is 173 Å². The summed E-state index contributed by atoms with van der Waals surface area (Å²) in [6.45, 7) is 1.04. The topological polar surface area (TPSA) is 90.9 Å². The highest BCUT2D eigenvalue weighted by molar-refractivity contribution is 5.98. The van der Waals surface area contributed by atoms with Gasteiger partial charge in [0, 0.05) is 12.1 Å². The zero-order valence-electron chi connectivity index (χ0n) is 16.5. The maximum Gasteiger partial charge on any atom is 0.164 e. The number of alkyl halides is 1. The van der Waals surface area contributed by atoms with Crippen LogP contribution < -0.4 is 15.8 Å². The molecule has 0 amide bonds. The predicted octanol–water partition coefficient (Wildman–Crippen LogP) is 3.56. The minimum absolute atomic E-state index is 0.304. The van der Waals surface area contributed by atoms with Gasteiger partial charge in [0.1, 0.15) is 35.5 Å². The maximum atomic E-state index is 14.6. The van der Waals surface area contributed by atoms with Crippen molar-refractivity contribution in [3.05, 3.63) is 54.6 Å². The van der Waals surface area contributed by atoms with Gasteiger partial charge in [0.15, 0.2) is 5.65 Å². The molecule has 3 aromatic rings. The van der Waals surface area contributed by atoms with Gasteiger partial charge >= 0.3 is 0 Å². The fraction of sp³-hybridized carbons (Fsp3) is 0.318. The molecule has 1 aromatic carbocycles. The number of anilines is 1. The third-order valence-electron chi connectivity index (χ3n) is 5.53. The van der Waals surface area contributed by atoms with Gasteiger partial charge in [-0.3, -0.25) is 0 Å². The van der Waals surface area contributed by atoms with Crippen LogP contribution >= 0.6 is 0 Å². The number of nitrogen functional groups attached to an aromatic ring is 1. The number of hydrogen-bond acceptors (Lipinski definition) is 6. The summed E-state index contributed by atoms with van der Waals surface area (Å²) in [6.07, 6.45) is 9.18. The molecule has 2 unspecified atom stereocenters. The monoisotopic (exact) mass is 406 g/mol. The smallest absolute Gasteiger partial charge is 0.164 e. The Morgan fingerprint density at radius 3 is 2.80 bits per heavy atom. The van der Waals surface area contributed by atoms with Crippen LogP contribution in [0.25, 0.3) is 22.3 Å². The van der Waals surface area contributed by atoms with E-state index in [4.69, 9.17) is 15.6 Å². The van der Waals surface area contributed by atoms with Crippen LogP contribution in [-0.2, 0) is 0 Å². The number of fused-ring (bicyclic) bond motifs is 1. The SMILES string of the molecule is Nc1ncnc2c1c(-c1ccc(OC3=CCCC=C3)cc1)nn2C1CCNCC1F. The number of allylic oxidation sites excluding steroid dienone is 3. The van der Waals surface area contributed by atoms with Crippen LogP contribution in [0.15, 0.2) is 54.6 Å². The highest BCUT2D eigenvalue weighted by Gasteiger charge is 2.30. The number of piperidine rings is 1. The fourth-order valence-corrected chi connectivity index (χ4v) is 3.99. The van der Waals surface area contributed by atoms with E-state index >= 15 is 0 Å². The van der Waals surface area contributed by atoms with E-state index in [1.807, 2.05) is 30.3 Å². The van der Waals surface area contributed by atoms with Gasteiger partial charge in [-0.05, 0) is 62.2 Å². The Morgan fingerprint density at radius 1 is 1.17 bits per heavy atom. The van der Waals surface area contributed by atoms with Gasteiger partial charge in [-0.15, -0.1) is 0 Å². The molecule has 0 saturated carbocycles. The molecule has 30 heavy (non-hydrogen) atoms. The van der Waals surface area contributed by atoms with E-state index in [9.17, 15) is 4.39 Å². The molecule has 2 aliphatic rings. The van der Waals surface area contributed by atoms with Crippen molar-refractivity contribution in [2.24, 2.45) is 0 Å². The molecule has 3 heterocycles. The highest BCUT2D eigenvalue weighted by atomic mass is 19.1. The van der Waals surface area contributed by atoms with Crippen LogP contribution in [0, 0.1) is 0 Å². The second kappa shape index (κ2) is 7.87. The molecular formula is C22H23FN6O. The predicted molar refractivity (Wildman–Crippen MR) is 114 cm³/mol. The molecule has 1 aliphatic heterocycles. The number of aromatic nitrogens is 4. The van der Waals surface area contributed by atoms with Crippen molar-refractivity contribution >= 4 is 16.9 Å². The number of nitrogens with one attached hydrogen (secondary N) is 1. The average Bonchev–Trinajstić information content (AvgIpc) is 3.16. The first-order valence-corrected chi connectivity index (χ1v) is 10.2. The lowest BCUT2D eigenvalue weighted by molar-refractivity contribution is 0.176. The number of nitrogens with two attached hydrogens (primary N) is 1. The van der Waals surface area contributed by atoms with Gasteiger partial charge in [-0.1, -0.05) is 6.08 Å². The second-order valence-electron chi connectivity index (χ2n) is 7.54. The third kappa shape index (κ3) is 3.43. The number of benzene rings is 1. The first kappa shape index (κ1) is 18.7. The number of rotatable bonds is 4. The van der Waals surface area contributed by atoms with Crippen molar-refractivity contribution in [3.8, 4) is 17.0 Å². The van der Waals surface area contributed by atoms with Gasteiger partial charge in [-0.2, -0.15) is 5.10 Å². The largest absolute Gasteiger partial charge is 0.458 e. The average molecular weight is 406 g/mol. The molecule has 0 spiro atoms. The lowest BCUT2D eigenvalue weighted by Crippen LogP contribution is -2.39. The second-order valence-corrected chi connectivity index (χ2v) is 7.54. The van der Waals surface area contributed by atoms with E-state index in [2.05, 4.69) is 27.4 Å². The van der Waals surface area contributed by atoms with Crippen LogP contribution in [0.1, 0.15) is 25.3 Å². The van der Waals surface area contributed by atoms with Crippen LogP contribution in [-0.4, -0.2) is 39.0 Å². The van der Waals surface area contributed by atoms with Crippen molar-refractivity contribution in [3.63, 3.8) is 0 Å². The quantitative estimate of drug-likeness (QED) is 0.688. The minimum atomic E-state index is -1.04. The molecule has 2 aromatic heterocycles.